The Labute approximate surface area is 117 Å². The monoisotopic (exact) mass is 283 g/mol. The van der Waals surface area contributed by atoms with Crippen LogP contribution in [0.2, 0.25) is 0 Å². The summed E-state index contributed by atoms with van der Waals surface area (Å²) < 4.78 is 5.49. The lowest BCUT2D eigenvalue weighted by Crippen LogP contribution is -2.48. The first-order valence-corrected chi connectivity index (χ1v) is 7.42. The Hall–Kier alpha value is -0.980. The number of hydrogen-bond donors (Lipinski definition) is 1. The molecule has 1 unspecified atom stereocenters. The average Bonchev–Trinajstić information content (AvgIpc) is 2.80. The Kier molecular flexibility index (Phi) is 4.54. The number of nitrogens with two attached hydrogens (primary N) is 1. The normalized spacial score (nSPS) is 20.1. The highest BCUT2D eigenvalue weighted by molar-refractivity contribution is 7.13. The lowest BCUT2D eigenvalue weighted by molar-refractivity contribution is -0.0166. The van der Waals surface area contributed by atoms with Crippen LogP contribution in [0, 0.1) is 6.92 Å². The van der Waals surface area contributed by atoms with Crippen molar-refractivity contribution in [2.75, 3.05) is 26.2 Å². The Balaban J connectivity index is 2.14. The van der Waals surface area contributed by atoms with Crippen molar-refractivity contribution in [3.63, 3.8) is 0 Å². The SMILES string of the molecule is Cc1nc(C(C)C)sc1C(=O)N1CCOC(CN)C1. The summed E-state index contributed by atoms with van der Waals surface area (Å²) in [5.74, 6) is 0.412. The van der Waals surface area contributed by atoms with Crippen LogP contribution in [-0.2, 0) is 4.74 Å². The number of morpholine rings is 1. The van der Waals surface area contributed by atoms with E-state index in [-0.39, 0.29) is 12.0 Å². The first kappa shape index (κ1) is 14.4. The third kappa shape index (κ3) is 3.13. The van der Waals surface area contributed by atoms with Gasteiger partial charge in [-0.3, -0.25) is 4.79 Å². The minimum atomic E-state index is -0.0458. The molecule has 2 rings (SSSR count). The topological polar surface area (TPSA) is 68.5 Å². The average molecular weight is 283 g/mol. The van der Waals surface area contributed by atoms with Gasteiger partial charge in [0.1, 0.15) is 4.88 Å². The van der Waals surface area contributed by atoms with E-state index in [9.17, 15) is 4.79 Å². The van der Waals surface area contributed by atoms with Crippen LogP contribution in [0.1, 0.15) is 40.1 Å². The predicted octanol–water partition coefficient (Wildman–Crippen LogP) is 1.37. The fourth-order valence-electron chi connectivity index (χ4n) is 2.05. The third-order valence-corrected chi connectivity index (χ3v) is 4.64. The van der Waals surface area contributed by atoms with E-state index in [1.807, 2.05) is 11.8 Å². The van der Waals surface area contributed by atoms with E-state index >= 15 is 0 Å². The van der Waals surface area contributed by atoms with Crippen LogP contribution in [0.5, 0.6) is 0 Å². The highest BCUT2D eigenvalue weighted by Gasteiger charge is 2.27. The first-order chi connectivity index (χ1) is 9.02. The number of aryl methyl sites for hydroxylation is 1. The molecule has 0 saturated carbocycles. The molecular weight excluding hydrogens is 262 g/mol. The number of hydrogen-bond acceptors (Lipinski definition) is 5. The molecule has 1 aromatic rings. The van der Waals surface area contributed by atoms with Crippen LogP contribution in [0.25, 0.3) is 0 Å². The predicted molar refractivity (Wildman–Crippen MR) is 75.6 cm³/mol. The van der Waals surface area contributed by atoms with Gasteiger partial charge < -0.3 is 15.4 Å². The molecular formula is C13H21N3O2S. The number of thiazole rings is 1. The van der Waals surface area contributed by atoms with Crippen molar-refractivity contribution in [2.24, 2.45) is 5.73 Å². The summed E-state index contributed by atoms with van der Waals surface area (Å²) in [5, 5.41) is 1.02. The van der Waals surface area contributed by atoms with Gasteiger partial charge >= 0.3 is 0 Å². The van der Waals surface area contributed by atoms with Gasteiger partial charge in [-0.2, -0.15) is 0 Å². The number of nitrogens with zero attached hydrogens (tertiary/aromatic N) is 2. The lowest BCUT2D eigenvalue weighted by atomic mass is 10.2. The quantitative estimate of drug-likeness (QED) is 0.910. The zero-order valence-electron chi connectivity index (χ0n) is 11.7. The summed E-state index contributed by atoms with van der Waals surface area (Å²) in [6, 6.07) is 0. The van der Waals surface area contributed by atoms with E-state index in [2.05, 4.69) is 18.8 Å². The maximum Gasteiger partial charge on any atom is 0.266 e. The maximum atomic E-state index is 12.5. The van der Waals surface area contributed by atoms with Gasteiger partial charge in [-0.05, 0) is 6.92 Å². The van der Waals surface area contributed by atoms with Crippen LogP contribution in [0.4, 0.5) is 0 Å². The summed E-state index contributed by atoms with van der Waals surface area (Å²) in [6.07, 6.45) is -0.0458. The molecule has 0 aliphatic carbocycles. The molecule has 1 aromatic heterocycles. The molecule has 1 amide bonds. The molecule has 6 heteroatoms. The molecule has 19 heavy (non-hydrogen) atoms. The molecule has 0 bridgehead atoms. The van der Waals surface area contributed by atoms with Crippen molar-refractivity contribution in [1.82, 2.24) is 9.88 Å². The Morgan fingerprint density at radius 1 is 1.63 bits per heavy atom. The summed E-state index contributed by atoms with van der Waals surface area (Å²) in [4.78, 5) is 19.6. The van der Waals surface area contributed by atoms with Crippen LogP contribution in [0.3, 0.4) is 0 Å². The van der Waals surface area contributed by atoms with E-state index in [1.54, 1.807) is 0 Å². The smallest absolute Gasteiger partial charge is 0.266 e. The molecule has 2 N–H and O–H groups in total. The van der Waals surface area contributed by atoms with Gasteiger partial charge in [-0.1, -0.05) is 13.8 Å². The molecule has 1 fully saturated rings. The zero-order chi connectivity index (χ0) is 14.0. The van der Waals surface area contributed by atoms with Crippen molar-refractivity contribution in [3.8, 4) is 0 Å². The Bertz CT molecular complexity index is 459. The molecule has 1 atom stereocenters. The van der Waals surface area contributed by atoms with Crippen LogP contribution >= 0.6 is 11.3 Å². The number of carbonyl (C=O) groups is 1. The van der Waals surface area contributed by atoms with Gasteiger partial charge in [-0.25, -0.2) is 4.98 Å². The summed E-state index contributed by atoms with van der Waals surface area (Å²) in [6.45, 7) is 8.28. The zero-order valence-corrected chi connectivity index (χ0v) is 12.5. The fraction of sp³-hybridized carbons (Fsp3) is 0.692. The van der Waals surface area contributed by atoms with Crippen LogP contribution in [0.15, 0.2) is 0 Å². The van der Waals surface area contributed by atoms with Crippen molar-refractivity contribution >= 4 is 17.2 Å². The number of carbonyl (C=O) groups excluding carboxylic acids is 1. The molecule has 106 valence electrons. The van der Waals surface area contributed by atoms with E-state index in [4.69, 9.17) is 10.5 Å². The second kappa shape index (κ2) is 5.98. The molecule has 1 aliphatic rings. The minimum Gasteiger partial charge on any atom is -0.373 e. The molecule has 5 nitrogen and oxygen atoms in total. The molecule has 0 spiro atoms. The highest BCUT2D eigenvalue weighted by Crippen LogP contribution is 2.26. The number of rotatable bonds is 3. The summed E-state index contributed by atoms with van der Waals surface area (Å²) in [5.41, 5.74) is 6.43. The standard InChI is InChI=1S/C13H21N3O2S/c1-8(2)12-15-9(3)11(19-12)13(17)16-4-5-18-10(6-14)7-16/h8,10H,4-7,14H2,1-3H3. The van der Waals surface area contributed by atoms with Gasteiger partial charge in [0.05, 0.1) is 23.4 Å². The Morgan fingerprint density at radius 2 is 2.37 bits per heavy atom. The second-order valence-electron chi connectivity index (χ2n) is 5.10. The van der Waals surface area contributed by atoms with Gasteiger partial charge in [0.2, 0.25) is 0 Å². The molecule has 0 aromatic carbocycles. The van der Waals surface area contributed by atoms with Crippen LogP contribution in [-0.4, -0.2) is 48.1 Å². The van der Waals surface area contributed by atoms with Gasteiger partial charge in [-0.15, -0.1) is 11.3 Å². The van der Waals surface area contributed by atoms with Crippen molar-refractivity contribution < 1.29 is 9.53 Å². The van der Waals surface area contributed by atoms with Gasteiger partial charge in [0.25, 0.3) is 5.91 Å². The van der Waals surface area contributed by atoms with E-state index < -0.39 is 0 Å². The molecule has 0 radical (unpaired) electrons. The van der Waals surface area contributed by atoms with Gasteiger partial charge in [0, 0.05) is 25.6 Å². The minimum absolute atomic E-state index is 0.0458. The van der Waals surface area contributed by atoms with Crippen molar-refractivity contribution in [2.45, 2.75) is 32.8 Å². The largest absolute Gasteiger partial charge is 0.373 e. The Morgan fingerprint density at radius 3 is 2.95 bits per heavy atom. The van der Waals surface area contributed by atoms with E-state index in [1.165, 1.54) is 11.3 Å². The maximum absolute atomic E-state index is 12.5. The number of ether oxygens (including phenoxy) is 1. The molecule has 1 saturated heterocycles. The fourth-order valence-corrected chi connectivity index (χ4v) is 3.09. The van der Waals surface area contributed by atoms with E-state index in [0.717, 1.165) is 15.6 Å². The lowest BCUT2D eigenvalue weighted by Gasteiger charge is -2.32. The summed E-state index contributed by atoms with van der Waals surface area (Å²) >= 11 is 1.50. The first-order valence-electron chi connectivity index (χ1n) is 6.61. The van der Waals surface area contributed by atoms with Crippen molar-refractivity contribution in [1.29, 1.82) is 0 Å². The summed E-state index contributed by atoms with van der Waals surface area (Å²) in [7, 11) is 0. The molecule has 2 heterocycles. The number of aromatic nitrogens is 1. The molecule has 1 aliphatic heterocycles. The van der Waals surface area contributed by atoms with Gasteiger partial charge in [0.15, 0.2) is 0 Å². The second-order valence-corrected chi connectivity index (χ2v) is 6.13. The third-order valence-electron chi connectivity index (χ3n) is 3.19. The van der Waals surface area contributed by atoms with Crippen LogP contribution < -0.4 is 5.73 Å². The highest BCUT2D eigenvalue weighted by atomic mass is 32.1. The van der Waals surface area contributed by atoms with Crippen molar-refractivity contribution in [3.05, 3.63) is 15.6 Å². The van der Waals surface area contributed by atoms with E-state index in [0.29, 0.717) is 32.2 Å². The number of amides is 1.